The molecule has 3 nitrogen and oxygen atoms in total. The van der Waals surface area contributed by atoms with Gasteiger partial charge in [0, 0.05) is 23.2 Å². The summed E-state index contributed by atoms with van der Waals surface area (Å²) in [7, 11) is 0. The largest absolute Gasteiger partial charge is 0.335 e. The van der Waals surface area contributed by atoms with Crippen molar-refractivity contribution in [2.75, 3.05) is 16.3 Å². The lowest BCUT2D eigenvalue weighted by Crippen LogP contribution is -3.06. The summed E-state index contributed by atoms with van der Waals surface area (Å²) in [6, 6.07) is 38.8. The van der Waals surface area contributed by atoms with Crippen LogP contribution in [0.5, 0.6) is 0 Å². The van der Waals surface area contributed by atoms with Gasteiger partial charge < -0.3 is 4.90 Å². The summed E-state index contributed by atoms with van der Waals surface area (Å²) in [5.74, 6) is 0. The van der Waals surface area contributed by atoms with Crippen molar-refractivity contribution >= 4 is 40.2 Å². The number of fused-ring (bicyclic) bond motifs is 2. The molecular formula is C33H30N3S+. The Morgan fingerprint density at radius 1 is 0.730 bits per heavy atom. The maximum Gasteiger partial charge on any atom is 0.196 e. The molecule has 2 heterocycles. The lowest BCUT2D eigenvalue weighted by atomic mass is 10.2. The molecule has 2 aliphatic rings. The molecule has 0 amide bonds. The maximum absolute atomic E-state index is 2.45. The van der Waals surface area contributed by atoms with E-state index in [1.165, 1.54) is 43.3 Å². The predicted octanol–water partition coefficient (Wildman–Crippen LogP) is 7.60. The van der Waals surface area contributed by atoms with Gasteiger partial charge in [-0.15, -0.1) is 0 Å². The fraction of sp³-hybridized carbons (Fsp3) is 0.0909. The summed E-state index contributed by atoms with van der Waals surface area (Å²) in [6.07, 6.45) is 11.1. The van der Waals surface area contributed by atoms with Gasteiger partial charge in [0.15, 0.2) is 11.9 Å². The van der Waals surface area contributed by atoms with E-state index >= 15 is 0 Å². The van der Waals surface area contributed by atoms with Gasteiger partial charge in [-0.2, -0.15) is 0 Å². The molecule has 0 aromatic heterocycles. The minimum absolute atomic E-state index is 0.0942. The van der Waals surface area contributed by atoms with Gasteiger partial charge in [0.2, 0.25) is 0 Å². The first-order valence-electron chi connectivity index (χ1n) is 12.8. The number of thioether (sulfide) groups is 1. The van der Waals surface area contributed by atoms with E-state index in [-0.39, 0.29) is 6.17 Å². The molecule has 0 fully saturated rings. The Hall–Kier alpha value is -3.99. The second-order valence-corrected chi connectivity index (χ2v) is 10.1. The van der Waals surface area contributed by atoms with E-state index in [1.807, 2.05) is 11.8 Å². The van der Waals surface area contributed by atoms with Gasteiger partial charge in [0.05, 0.1) is 10.7 Å². The van der Waals surface area contributed by atoms with Crippen molar-refractivity contribution in [1.29, 1.82) is 0 Å². The van der Waals surface area contributed by atoms with Crippen LogP contribution in [0.15, 0.2) is 149 Å². The van der Waals surface area contributed by atoms with Gasteiger partial charge in [0.25, 0.3) is 0 Å². The van der Waals surface area contributed by atoms with Crippen LogP contribution in [-0.2, 0) is 0 Å². The molecule has 0 aliphatic carbocycles. The predicted molar refractivity (Wildman–Crippen MR) is 157 cm³/mol. The van der Waals surface area contributed by atoms with E-state index < -0.39 is 0 Å². The highest BCUT2D eigenvalue weighted by atomic mass is 32.2. The second kappa shape index (κ2) is 10.6. The van der Waals surface area contributed by atoms with Crippen molar-refractivity contribution < 1.29 is 4.90 Å². The third kappa shape index (κ3) is 4.50. The number of nitrogens with one attached hydrogen (secondary N) is 1. The van der Waals surface area contributed by atoms with Gasteiger partial charge in [-0.3, -0.25) is 4.90 Å². The number of benzene rings is 4. The molecule has 2 aliphatic heterocycles. The molecule has 2 atom stereocenters. The van der Waals surface area contributed by atoms with Gasteiger partial charge in [0.1, 0.15) is 11.4 Å². The summed E-state index contributed by atoms with van der Waals surface area (Å²) in [6.45, 7) is 3.16. The summed E-state index contributed by atoms with van der Waals surface area (Å²) < 4.78 is 0. The summed E-state index contributed by atoms with van der Waals surface area (Å²) >= 11 is 1.84. The van der Waals surface area contributed by atoms with E-state index in [0.717, 1.165) is 6.54 Å². The SMILES string of the molecule is CCN1/C(=C/C=C/C=C/C2N(c3ccccc3)c3ccccc3[NH+]2c2ccccc2)Sc2ccccc21. The molecule has 0 saturated carbocycles. The van der Waals surface area contributed by atoms with Crippen LogP contribution >= 0.6 is 11.8 Å². The number of rotatable bonds is 6. The lowest BCUT2D eigenvalue weighted by molar-refractivity contribution is -0.774. The standard InChI is InChI=1S/C33H29N3S/c1-2-34-30-22-14-15-23-31(30)37-33(34)25-11-5-10-24-32-35(26-16-6-3-7-17-26)28-20-12-13-21-29(28)36(32)27-18-8-4-9-19-27/h3-25,32H,2H2,1H3/p+1/b11-5+,24-10+,33-25-. The molecule has 37 heavy (non-hydrogen) atoms. The number of anilines is 3. The first-order valence-corrected chi connectivity index (χ1v) is 13.6. The molecule has 0 spiro atoms. The van der Waals surface area contributed by atoms with E-state index in [2.05, 4.69) is 156 Å². The molecule has 1 N–H and O–H groups in total. The van der Waals surface area contributed by atoms with Crippen molar-refractivity contribution in [1.82, 2.24) is 0 Å². The van der Waals surface area contributed by atoms with Crippen LogP contribution in [0.4, 0.5) is 28.4 Å². The topological polar surface area (TPSA) is 10.9 Å². The minimum atomic E-state index is 0.0942. The number of quaternary nitrogens is 1. The van der Waals surface area contributed by atoms with Crippen molar-refractivity contribution in [2.45, 2.75) is 18.0 Å². The average Bonchev–Trinajstić information content (AvgIpc) is 3.48. The Kier molecular flexibility index (Phi) is 6.68. The number of hydrogen-bond donors (Lipinski definition) is 1. The highest BCUT2D eigenvalue weighted by molar-refractivity contribution is 8.03. The molecule has 0 bridgehead atoms. The summed E-state index contributed by atoms with van der Waals surface area (Å²) in [5, 5.41) is 1.27. The Bertz CT molecular complexity index is 1390. The van der Waals surface area contributed by atoms with Crippen molar-refractivity contribution in [2.24, 2.45) is 0 Å². The highest BCUT2D eigenvalue weighted by Gasteiger charge is 2.41. The Balaban J connectivity index is 1.32. The van der Waals surface area contributed by atoms with Crippen molar-refractivity contribution in [3.63, 3.8) is 0 Å². The van der Waals surface area contributed by atoms with E-state index in [1.54, 1.807) is 0 Å². The number of nitrogens with zero attached hydrogens (tertiary/aromatic N) is 2. The zero-order valence-electron chi connectivity index (χ0n) is 20.9. The molecular weight excluding hydrogens is 470 g/mol. The highest BCUT2D eigenvalue weighted by Crippen LogP contribution is 2.45. The zero-order valence-corrected chi connectivity index (χ0v) is 21.7. The molecule has 4 heteroatoms. The third-order valence-corrected chi connectivity index (χ3v) is 7.98. The van der Waals surface area contributed by atoms with E-state index in [9.17, 15) is 0 Å². The molecule has 0 radical (unpaired) electrons. The van der Waals surface area contributed by atoms with Crippen molar-refractivity contribution in [3.05, 3.63) is 145 Å². The molecule has 0 saturated heterocycles. The molecule has 4 aromatic carbocycles. The average molecular weight is 501 g/mol. The summed E-state index contributed by atoms with van der Waals surface area (Å²) in [5.41, 5.74) is 6.28. The van der Waals surface area contributed by atoms with Gasteiger partial charge >= 0.3 is 0 Å². The molecule has 4 aromatic rings. The minimum Gasteiger partial charge on any atom is -0.335 e. The fourth-order valence-corrected chi connectivity index (χ4v) is 6.38. The van der Waals surface area contributed by atoms with Crippen molar-refractivity contribution in [3.8, 4) is 0 Å². The van der Waals surface area contributed by atoms with Crippen LogP contribution in [0.25, 0.3) is 0 Å². The van der Waals surface area contributed by atoms with Gasteiger partial charge in [-0.05, 0) is 61.5 Å². The van der Waals surface area contributed by atoms with Crippen LogP contribution in [0, 0.1) is 0 Å². The zero-order chi connectivity index (χ0) is 25.0. The van der Waals surface area contributed by atoms with Gasteiger partial charge in [-0.1, -0.05) is 90.7 Å². The van der Waals surface area contributed by atoms with Crippen LogP contribution in [0.3, 0.4) is 0 Å². The van der Waals surface area contributed by atoms with E-state index in [4.69, 9.17) is 0 Å². The maximum atomic E-state index is 2.45. The van der Waals surface area contributed by atoms with Gasteiger partial charge in [-0.25, -0.2) is 4.90 Å². The molecule has 182 valence electrons. The Labute approximate surface area is 223 Å². The van der Waals surface area contributed by atoms with Crippen LogP contribution in [0.1, 0.15) is 6.92 Å². The van der Waals surface area contributed by atoms with Crippen LogP contribution in [-0.4, -0.2) is 12.7 Å². The third-order valence-electron chi connectivity index (χ3n) is 6.85. The first kappa shape index (κ1) is 23.4. The fourth-order valence-electron chi connectivity index (χ4n) is 5.24. The second-order valence-electron chi connectivity index (χ2n) is 9.04. The quantitative estimate of drug-likeness (QED) is 0.274. The number of para-hydroxylation sites is 5. The van der Waals surface area contributed by atoms with Crippen LogP contribution in [0.2, 0.25) is 0 Å². The normalized spacial score (nSPS) is 19.8. The number of allylic oxidation sites excluding steroid dienone is 4. The Morgan fingerprint density at radius 2 is 1.41 bits per heavy atom. The molecule has 6 rings (SSSR count). The van der Waals surface area contributed by atoms with Crippen LogP contribution < -0.4 is 14.7 Å². The van der Waals surface area contributed by atoms with E-state index in [0.29, 0.717) is 0 Å². The summed E-state index contributed by atoms with van der Waals surface area (Å²) in [4.78, 5) is 7.48. The first-order chi connectivity index (χ1) is 18.3. The Morgan fingerprint density at radius 3 is 2.19 bits per heavy atom. The lowest BCUT2D eigenvalue weighted by Gasteiger charge is -2.26. The smallest absolute Gasteiger partial charge is 0.196 e. The number of hydrogen-bond acceptors (Lipinski definition) is 3. The monoisotopic (exact) mass is 500 g/mol. The molecule has 2 unspecified atom stereocenters.